The Morgan fingerprint density at radius 3 is 2.28 bits per heavy atom. The molecule has 2 amide bonds. The van der Waals surface area contributed by atoms with Gasteiger partial charge in [-0.3, -0.25) is 23.7 Å². The topological polar surface area (TPSA) is 127 Å². The molecule has 0 aliphatic heterocycles. The van der Waals surface area contributed by atoms with Crippen LogP contribution in [-0.2, 0) is 19.1 Å². The molecule has 1 aliphatic rings. The summed E-state index contributed by atoms with van der Waals surface area (Å²) in [6.45, 7) is 1.68. The van der Waals surface area contributed by atoms with Crippen molar-refractivity contribution in [2.45, 2.75) is 6.92 Å². The van der Waals surface area contributed by atoms with Gasteiger partial charge in [0.1, 0.15) is 11.6 Å². The summed E-state index contributed by atoms with van der Waals surface area (Å²) in [5.41, 5.74) is -0.159. The minimum Gasteiger partial charge on any atom is -0.508 e. The van der Waals surface area contributed by atoms with Gasteiger partial charge in [-0.05, 0) is 49.4 Å². The van der Waals surface area contributed by atoms with E-state index in [9.17, 15) is 28.7 Å². The van der Waals surface area contributed by atoms with Crippen molar-refractivity contribution < 1.29 is 28.6 Å². The van der Waals surface area contributed by atoms with E-state index >= 15 is 0 Å². The third-order valence-electron chi connectivity index (χ3n) is 5.69. The summed E-state index contributed by atoms with van der Waals surface area (Å²) in [7, 11) is 0. The summed E-state index contributed by atoms with van der Waals surface area (Å²) in [5.74, 6) is -6.12. The Balaban J connectivity index is 1.51. The van der Waals surface area contributed by atoms with Crippen molar-refractivity contribution in [1.29, 1.82) is 0 Å². The molecule has 1 saturated carbocycles. The number of hydrogen-bond acceptors (Lipinski definition) is 6. The van der Waals surface area contributed by atoms with Crippen LogP contribution in [0.15, 0.2) is 65.6 Å². The summed E-state index contributed by atoms with van der Waals surface area (Å²) < 4.78 is 20.9. The van der Waals surface area contributed by atoms with Crippen LogP contribution in [0.1, 0.15) is 6.92 Å². The van der Waals surface area contributed by atoms with E-state index in [0.717, 1.165) is 16.7 Å². The number of ether oxygens (including phenoxy) is 1. The van der Waals surface area contributed by atoms with Gasteiger partial charge in [-0.25, -0.2) is 4.39 Å². The van der Waals surface area contributed by atoms with Gasteiger partial charge in [0.2, 0.25) is 11.8 Å². The maximum Gasteiger partial charge on any atom is 0.310 e. The summed E-state index contributed by atoms with van der Waals surface area (Å²) >= 11 is 5.85. The van der Waals surface area contributed by atoms with Crippen molar-refractivity contribution in [3.8, 4) is 11.4 Å². The van der Waals surface area contributed by atoms with Crippen LogP contribution in [0.3, 0.4) is 0 Å². The lowest BCUT2D eigenvalue weighted by atomic mass is 10.2. The molecule has 3 N–H and O–H groups in total. The Hall–Kier alpha value is -4.18. The van der Waals surface area contributed by atoms with Crippen LogP contribution < -0.4 is 16.2 Å². The number of aromatic hydroxyl groups is 1. The number of nitrogens with zero attached hydrogens (tertiary/aromatic N) is 1. The fourth-order valence-corrected chi connectivity index (χ4v) is 4.03. The van der Waals surface area contributed by atoms with Crippen LogP contribution in [0.2, 0.25) is 5.02 Å². The molecule has 9 nitrogen and oxygen atoms in total. The zero-order chi connectivity index (χ0) is 26.0. The van der Waals surface area contributed by atoms with Gasteiger partial charge in [-0.15, -0.1) is 0 Å². The van der Waals surface area contributed by atoms with Crippen LogP contribution in [-0.4, -0.2) is 34.1 Å². The molecule has 3 atom stereocenters. The molecule has 1 heterocycles. The molecule has 11 heteroatoms. The van der Waals surface area contributed by atoms with Crippen molar-refractivity contribution >= 4 is 40.8 Å². The zero-order valence-electron chi connectivity index (χ0n) is 18.9. The molecule has 0 spiro atoms. The maximum absolute atomic E-state index is 14.8. The lowest BCUT2D eigenvalue weighted by Crippen LogP contribution is -2.21. The first-order valence-electron chi connectivity index (χ1n) is 10.9. The van der Waals surface area contributed by atoms with Crippen molar-refractivity contribution in [2.24, 2.45) is 17.8 Å². The number of benzene rings is 2. The van der Waals surface area contributed by atoms with Crippen molar-refractivity contribution in [3.63, 3.8) is 0 Å². The number of carbonyl (C=O) groups is 3. The molecule has 4 rings (SSSR count). The SMILES string of the molecule is CCOC(=O)[C@H]1[C@H](C(=O)Nc2ccc(Cl)cc2)[C@@H]1C(=O)Nc1ccc(-n2ccc(O)cc2=O)cc1F. The largest absolute Gasteiger partial charge is 0.508 e. The Morgan fingerprint density at radius 1 is 1.00 bits per heavy atom. The van der Waals surface area contributed by atoms with Crippen molar-refractivity contribution in [1.82, 2.24) is 4.57 Å². The molecular weight excluding hydrogens is 493 g/mol. The second-order valence-corrected chi connectivity index (χ2v) is 8.51. The highest BCUT2D eigenvalue weighted by Gasteiger charge is 2.63. The van der Waals surface area contributed by atoms with Crippen LogP contribution in [0, 0.1) is 23.6 Å². The van der Waals surface area contributed by atoms with E-state index in [-0.39, 0.29) is 23.7 Å². The summed E-state index contributed by atoms with van der Waals surface area (Å²) in [4.78, 5) is 50.2. The van der Waals surface area contributed by atoms with Crippen molar-refractivity contribution in [2.75, 3.05) is 17.2 Å². The second kappa shape index (κ2) is 10.2. The third-order valence-corrected chi connectivity index (χ3v) is 5.94. The monoisotopic (exact) mass is 513 g/mol. The predicted molar refractivity (Wildman–Crippen MR) is 129 cm³/mol. The standard InChI is InChI=1S/C25H21ClFN3O6/c1-2-36-25(35)22-20(23(33)28-14-5-3-13(26)4-6-14)21(22)24(34)29-18-8-7-15(11-17(18)27)30-10-9-16(31)12-19(30)32/h3-12,20-22,31H,2H2,1H3,(H,28,33)(H,29,34)/t20-,21+,22+/m1/s1. The Kier molecular flexibility index (Phi) is 7.07. The number of amides is 2. The van der Waals surface area contributed by atoms with E-state index in [1.165, 1.54) is 24.4 Å². The molecule has 186 valence electrons. The van der Waals surface area contributed by atoms with E-state index in [1.807, 2.05) is 0 Å². The summed E-state index contributed by atoms with van der Waals surface area (Å²) in [6.07, 6.45) is 1.28. The molecule has 0 saturated heterocycles. The van der Waals surface area contributed by atoms with Gasteiger partial charge in [0.25, 0.3) is 5.56 Å². The van der Waals surface area contributed by atoms with Gasteiger partial charge in [-0.2, -0.15) is 0 Å². The predicted octanol–water partition coefficient (Wildman–Crippen LogP) is 3.34. The summed E-state index contributed by atoms with van der Waals surface area (Å²) in [6, 6.07) is 12.3. The first-order valence-corrected chi connectivity index (χ1v) is 11.3. The van der Waals surface area contributed by atoms with E-state index in [2.05, 4.69) is 10.6 Å². The van der Waals surface area contributed by atoms with Gasteiger partial charge in [0.15, 0.2) is 0 Å². The molecule has 0 radical (unpaired) electrons. The Morgan fingerprint density at radius 2 is 1.67 bits per heavy atom. The van der Waals surface area contributed by atoms with Crippen molar-refractivity contribution in [3.05, 3.63) is 82.0 Å². The average molecular weight is 514 g/mol. The highest BCUT2D eigenvalue weighted by Crippen LogP contribution is 2.48. The molecule has 1 aliphatic carbocycles. The van der Waals surface area contributed by atoms with Gasteiger partial charge >= 0.3 is 5.97 Å². The maximum atomic E-state index is 14.8. The smallest absolute Gasteiger partial charge is 0.310 e. The molecule has 3 aromatic rings. The van der Waals surface area contributed by atoms with Crippen LogP contribution in [0.5, 0.6) is 5.75 Å². The van der Waals surface area contributed by atoms with Gasteiger partial charge in [-0.1, -0.05) is 11.6 Å². The fourth-order valence-electron chi connectivity index (χ4n) is 3.91. The highest BCUT2D eigenvalue weighted by molar-refractivity contribution is 6.30. The number of nitrogens with one attached hydrogen (secondary N) is 2. The summed E-state index contributed by atoms with van der Waals surface area (Å²) in [5, 5.41) is 14.9. The molecular formula is C25H21ClFN3O6. The average Bonchev–Trinajstić information content (AvgIpc) is 3.58. The van der Waals surface area contributed by atoms with E-state index in [0.29, 0.717) is 10.7 Å². The van der Waals surface area contributed by atoms with E-state index in [1.54, 1.807) is 31.2 Å². The number of pyridine rings is 1. The van der Waals surface area contributed by atoms with Gasteiger partial charge in [0, 0.05) is 29.0 Å². The molecule has 36 heavy (non-hydrogen) atoms. The molecule has 1 aromatic heterocycles. The number of rotatable bonds is 7. The van der Waals surface area contributed by atoms with Gasteiger partial charge in [0.05, 0.1) is 35.7 Å². The number of anilines is 2. The molecule has 2 aromatic carbocycles. The highest BCUT2D eigenvalue weighted by atomic mass is 35.5. The van der Waals surface area contributed by atoms with Crippen LogP contribution in [0.4, 0.5) is 15.8 Å². The van der Waals surface area contributed by atoms with E-state index in [4.69, 9.17) is 16.3 Å². The Bertz CT molecular complexity index is 1390. The Labute approximate surface area is 209 Å². The number of halogens is 2. The van der Waals surface area contributed by atoms with Gasteiger partial charge < -0.3 is 20.5 Å². The molecule has 0 unspecified atom stereocenters. The van der Waals surface area contributed by atoms with Crippen LogP contribution >= 0.6 is 11.6 Å². The molecule has 0 bridgehead atoms. The minimum atomic E-state index is -1.06. The number of esters is 1. The second-order valence-electron chi connectivity index (χ2n) is 8.07. The van der Waals surface area contributed by atoms with Crippen LogP contribution in [0.25, 0.3) is 5.69 Å². The first kappa shape index (κ1) is 24.9. The zero-order valence-corrected chi connectivity index (χ0v) is 19.7. The third kappa shape index (κ3) is 5.23. The lowest BCUT2D eigenvalue weighted by Gasteiger charge is -2.10. The number of aromatic nitrogens is 1. The normalized spacial score (nSPS) is 18.2. The lowest BCUT2D eigenvalue weighted by molar-refractivity contribution is -0.146. The van der Waals surface area contributed by atoms with E-state index < -0.39 is 46.9 Å². The molecule has 1 fully saturated rings. The minimum absolute atomic E-state index is 0.0713. The fraction of sp³-hybridized carbons (Fsp3) is 0.200. The number of carbonyl (C=O) groups excluding carboxylic acids is 3. The quantitative estimate of drug-likeness (QED) is 0.416. The first-order chi connectivity index (χ1) is 17.2. The number of hydrogen-bond donors (Lipinski definition) is 3.